The normalized spacial score (nSPS) is 24.8. The van der Waals surface area contributed by atoms with Crippen LogP contribution in [0.15, 0.2) is 6.07 Å². The molecule has 0 spiro atoms. The van der Waals surface area contributed by atoms with E-state index >= 15 is 0 Å². The standard InChI is InChI=1S/C14H20ClNO/c1-5-11-7-13(11)16-8(2)6-12(10(16)4)14(17)9(3)15/h6,9,11,13H,5,7H2,1-4H3. The van der Waals surface area contributed by atoms with E-state index in [4.69, 9.17) is 11.6 Å². The highest BCUT2D eigenvalue weighted by Gasteiger charge is 2.39. The topological polar surface area (TPSA) is 22.0 Å². The van der Waals surface area contributed by atoms with E-state index in [2.05, 4.69) is 18.4 Å². The smallest absolute Gasteiger partial charge is 0.182 e. The molecule has 1 aliphatic rings. The van der Waals surface area contributed by atoms with Crippen LogP contribution < -0.4 is 0 Å². The number of aromatic nitrogens is 1. The fraction of sp³-hybridized carbons (Fsp3) is 0.643. The lowest BCUT2D eigenvalue weighted by atomic mass is 10.1. The van der Waals surface area contributed by atoms with E-state index in [1.807, 2.05) is 13.0 Å². The maximum Gasteiger partial charge on any atom is 0.182 e. The molecule has 2 rings (SSSR count). The van der Waals surface area contributed by atoms with Crippen molar-refractivity contribution in [2.24, 2.45) is 5.92 Å². The first kappa shape index (κ1) is 12.7. The van der Waals surface area contributed by atoms with Crippen molar-refractivity contribution in [3.05, 3.63) is 23.0 Å². The number of Topliss-reactive ketones (excluding diaryl/α,β-unsaturated/α-hetero) is 1. The van der Waals surface area contributed by atoms with E-state index in [0.29, 0.717) is 6.04 Å². The average molecular weight is 254 g/mol. The van der Waals surface area contributed by atoms with Gasteiger partial charge in [0.25, 0.3) is 0 Å². The first-order valence-corrected chi connectivity index (χ1v) is 6.77. The summed E-state index contributed by atoms with van der Waals surface area (Å²) in [6.07, 6.45) is 2.47. The van der Waals surface area contributed by atoms with Gasteiger partial charge in [-0.1, -0.05) is 13.3 Å². The molecule has 1 aliphatic carbocycles. The molecular formula is C14H20ClNO. The molecule has 0 amide bonds. The Hall–Kier alpha value is -0.760. The van der Waals surface area contributed by atoms with Crippen molar-refractivity contribution < 1.29 is 4.79 Å². The first-order valence-electron chi connectivity index (χ1n) is 6.34. The largest absolute Gasteiger partial charge is 0.345 e. The van der Waals surface area contributed by atoms with E-state index in [1.165, 1.54) is 18.5 Å². The number of hydrogen-bond donors (Lipinski definition) is 0. The zero-order valence-electron chi connectivity index (χ0n) is 11.0. The summed E-state index contributed by atoms with van der Waals surface area (Å²) in [5.74, 6) is 0.830. The molecule has 3 atom stereocenters. The Morgan fingerprint density at radius 1 is 1.59 bits per heavy atom. The maximum atomic E-state index is 12.0. The van der Waals surface area contributed by atoms with E-state index in [9.17, 15) is 4.79 Å². The molecule has 3 unspecified atom stereocenters. The zero-order chi connectivity index (χ0) is 12.7. The minimum atomic E-state index is -0.440. The van der Waals surface area contributed by atoms with Crippen LogP contribution in [0.2, 0.25) is 0 Å². The predicted molar refractivity (Wildman–Crippen MR) is 71.0 cm³/mol. The van der Waals surface area contributed by atoms with Gasteiger partial charge in [-0.2, -0.15) is 0 Å². The number of aryl methyl sites for hydroxylation is 1. The van der Waals surface area contributed by atoms with Crippen molar-refractivity contribution in [1.82, 2.24) is 4.57 Å². The summed E-state index contributed by atoms with van der Waals surface area (Å²) >= 11 is 5.89. The number of halogens is 1. The molecule has 1 heterocycles. The molecule has 0 aromatic carbocycles. The number of rotatable bonds is 4. The zero-order valence-corrected chi connectivity index (χ0v) is 11.7. The van der Waals surface area contributed by atoms with Crippen LogP contribution in [0.1, 0.15) is 54.5 Å². The Kier molecular flexibility index (Phi) is 3.35. The molecule has 1 saturated carbocycles. The third-order valence-electron chi connectivity index (χ3n) is 3.85. The van der Waals surface area contributed by atoms with Gasteiger partial charge < -0.3 is 4.57 Å². The molecular weight excluding hydrogens is 234 g/mol. The second-order valence-corrected chi connectivity index (χ2v) is 5.76. The highest BCUT2D eigenvalue weighted by molar-refractivity contribution is 6.33. The van der Waals surface area contributed by atoms with Crippen LogP contribution in [-0.2, 0) is 0 Å². The summed E-state index contributed by atoms with van der Waals surface area (Å²) in [6, 6.07) is 2.59. The third-order valence-corrected chi connectivity index (χ3v) is 4.05. The third kappa shape index (κ3) is 2.15. The SMILES string of the molecule is CCC1CC1n1c(C)cc(C(=O)C(C)Cl)c1C. The van der Waals surface area contributed by atoms with Gasteiger partial charge in [-0.05, 0) is 39.2 Å². The predicted octanol–water partition coefficient (Wildman–Crippen LogP) is 3.89. The van der Waals surface area contributed by atoms with E-state index < -0.39 is 5.38 Å². The second kappa shape index (κ2) is 4.49. The van der Waals surface area contributed by atoms with Gasteiger partial charge in [-0.15, -0.1) is 11.6 Å². The van der Waals surface area contributed by atoms with Crippen LogP contribution in [0, 0.1) is 19.8 Å². The molecule has 0 bridgehead atoms. The van der Waals surface area contributed by atoms with Gasteiger partial charge in [-0.25, -0.2) is 0 Å². The number of carbonyl (C=O) groups is 1. The molecule has 3 heteroatoms. The number of carbonyl (C=O) groups excluding carboxylic acids is 1. The average Bonchev–Trinajstić information content (AvgIpc) is 2.98. The van der Waals surface area contributed by atoms with Crippen LogP contribution in [-0.4, -0.2) is 15.7 Å². The van der Waals surface area contributed by atoms with Gasteiger partial charge >= 0.3 is 0 Å². The van der Waals surface area contributed by atoms with Crippen molar-refractivity contribution in [2.45, 2.75) is 52.0 Å². The molecule has 17 heavy (non-hydrogen) atoms. The minimum Gasteiger partial charge on any atom is -0.345 e. The van der Waals surface area contributed by atoms with Crippen molar-refractivity contribution in [1.29, 1.82) is 0 Å². The van der Waals surface area contributed by atoms with Crippen LogP contribution in [0.4, 0.5) is 0 Å². The van der Waals surface area contributed by atoms with Gasteiger partial charge in [0.05, 0.1) is 5.38 Å². The van der Waals surface area contributed by atoms with Crippen molar-refractivity contribution >= 4 is 17.4 Å². The van der Waals surface area contributed by atoms with E-state index in [0.717, 1.165) is 17.2 Å². The lowest BCUT2D eigenvalue weighted by molar-refractivity contribution is 0.0991. The highest BCUT2D eigenvalue weighted by Crippen LogP contribution is 2.47. The van der Waals surface area contributed by atoms with Gasteiger partial charge in [0.1, 0.15) is 0 Å². The first-order chi connectivity index (χ1) is 7.97. The molecule has 0 N–H and O–H groups in total. The van der Waals surface area contributed by atoms with Gasteiger partial charge in [0.15, 0.2) is 5.78 Å². The Morgan fingerprint density at radius 2 is 2.24 bits per heavy atom. The number of alkyl halides is 1. The Balaban J connectivity index is 2.33. The van der Waals surface area contributed by atoms with Gasteiger partial charge in [0.2, 0.25) is 0 Å². The van der Waals surface area contributed by atoms with Crippen LogP contribution >= 0.6 is 11.6 Å². The monoisotopic (exact) mass is 253 g/mol. The summed E-state index contributed by atoms with van der Waals surface area (Å²) < 4.78 is 2.32. The summed E-state index contributed by atoms with van der Waals surface area (Å²) in [4.78, 5) is 12.0. The summed E-state index contributed by atoms with van der Waals surface area (Å²) in [5, 5.41) is -0.440. The Morgan fingerprint density at radius 3 is 2.71 bits per heavy atom. The molecule has 1 fully saturated rings. The molecule has 94 valence electrons. The fourth-order valence-electron chi connectivity index (χ4n) is 2.74. The molecule has 0 aliphatic heterocycles. The van der Waals surface area contributed by atoms with Crippen molar-refractivity contribution in [3.63, 3.8) is 0 Å². The lowest BCUT2D eigenvalue weighted by Gasteiger charge is -2.09. The van der Waals surface area contributed by atoms with Crippen molar-refractivity contribution in [2.75, 3.05) is 0 Å². The van der Waals surface area contributed by atoms with Crippen LogP contribution in [0.3, 0.4) is 0 Å². The lowest BCUT2D eigenvalue weighted by Crippen LogP contribution is -2.12. The fourth-order valence-corrected chi connectivity index (χ4v) is 2.86. The Labute approximate surface area is 108 Å². The molecule has 0 radical (unpaired) electrons. The second-order valence-electron chi connectivity index (χ2n) is 5.11. The summed E-state index contributed by atoms with van der Waals surface area (Å²) in [5.41, 5.74) is 3.07. The molecule has 2 nitrogen and oxygen atoms in total. The van der Waals surface area contributed by atoms with E-state index in [-0.39, 0.29) is 5.78 Å². The minimum absolute atomic E-state index is 0.0414. The molecule has 1 aromatic heterocycles. The van der Waals surface area contributed by atoms with Crippen molar-refractivity contribution in [3.8, 4) is 0 Å². The highest BCUT2D eigenvalue weighted by atomic mass is 35.5. The molecule has 1 aromatic rings. The Bertz CT molecular complexity index is 447. The van der Waals surface area contributed by atoms with Gasteiger partial charge in [0, 0.05) is 23.0 Å². The van der Waals surface area contributed by atoms with Crippen LogP contribution in [0.25, 0.3) is 0 Å². The number of hydrogen-bond acceptors (Lipinski definition) is 1. The molecule has 0 saturated heterocycles. The number of nitrogens with zero attached hydrogens (tertiary/aromatic N) is 1. The van der Waals surface area contributed by atoms with Gasteiger partial charge in [-0.3, -0.25) is 4.79 Å². The quantitative estimate of drug-likeness (QED) is 0.590. The van der Waals surface area contributed by atoms with E-state index in [1.54, 1.807) is 6.92 Å². The summed E-state index contributed by atoms with van der Waals surface area (Å²) in [6.45, 7) is 8.08. The summed E-state index contributed by atoms with van der Waals surface area (Å²) in [7, 11) is 0. The number of ketones is 1. The van der Waals surface area contributed by atoms with Crippen LogP contribution in [0.5, 0.6) is 0 Å². The maximum absolute atomic E-state index is 12.0.